The van der Waals surface area contributed by atoms with Crippen LogP contribution in [0.5, 0.6) is 0 Å². The van der Waals surface area contributed by atoms with Crippen molar-refractivity contribution >= 4 is 22.5 Å². The number of benzene rings is 2. The van der Waals surface area contributed by atoms with Crippen LogP contribution in [0.15, 0.2) is 54.9 Å². The van der Waals surface area contributed by atoms with Gasteiger partial charge in [-0.25, -0.2) is 19.7 Å². The maximum Gasteiger partial charge on any atom is 0.306 e. The first-order chi connectivity index (χ1) is 15.3. The number of Topliss-reactive ketones (excluding diaryl/α,β-unsaturated/α-hetero) is 1. The Bertz CT molecular complexity index is 1250. The average Bonchev–Trinajstić information content (AvgIpc) is 3.12. The van der Waals surface area contributed by atoms with E-state index in [2.05, 4.69) is 9.83 Å². The average molecular weight is 437 g/mol. The minimum Gasteiger partial charge on any atom is -0.294 e. The Morgan fingerprint density at radius 1 is 1.09 bits per heavy atom. The number of pyridine rings is 1. The van der Waals surface area contributed by atoms with Crippen molar-refractivity contribution in [3.05, 3.63) is 77.7 Å². The van der Waals surface area contributed by atoms with Crippen LogP contribution in [0, 0.1) is 12.4 Å². The lowest BCUT2D eigenvalue weighted by Crippen LogP contribution is -2.35. The highest BCUT2D eigenvalue weighted by molar-refractivity contribution is 6.07. The number of fused-ring (bicyclic) bond motifs is 1. The second kappa shape index (κ2) is 8.42. The van der Waals surface area contributed by atoms with Crippen molar-refractivity contribution in [3.63, 3.8) is 0 Å². The van der Waals surface area contributed by atoms with Gasteiger partial charge in [-0.05, 0) is 23.1 Å². The van der Waals surface area contributed by atoms with Gasteiger partial charge in [-0.3, -0.25) is 24.3 Å². The van der Waals surface area contributed by atoms with E-state index >= 15 is 0 Å². The van der Waals surface area contributed by atoms with E-state index in [4.69, 9.17) is 6.57 Å². The molecule has 4 rings (SSSR count). The highest BCUT2D eigenvalue weighted by Crippen LogP contribution is 2.34. The summed E-state index contributed by atoms with van der Waals surface area (Å²) in [6.45, 7) is 6.24. The fraction of sp³-hybridized carbons (Fsp3) is 0.250. The number of carbonyl (C=O) groups is 2. The Balaban J connectivity index is 1.58. The predicted molar refractivity (Wildman–Crippen MR) is 112 cm³/mol. The topological polar surface area (TPSA) is 54.6 Å². The van der Waals surface area contributed by atoms with Gasteiger partial charge < -0.3 is 0 Å². The van der Waals surface area contributed by atoms with Gasteiger partial charge in [0, 0.05) is 41.7 Å². The smallest absolute Gasteiger partial charge is 0.294 e. The molecule has 0 unspecified atom stereocenters. The predicted octanol–water partition coefficient (Wildman–Crippen LogP) is 5.12. The molecule has 5 nitrogen and oxygen atoms in total. The molecule has 0 aliphatic carbocycles. The second-order valence-corrected chi connectivity index (χ2v) is 7.68. The standard InChI is InChI=1S/C24H18F3N3O2/c1-28-22-12-24(26,27)14-30(22)23(32)9-8-21(31)18-10-11-29-13-19(18)16-4-2-6-17-15(16)5-3-7-20(17)25/h2-7,10-11,13,22H,8-9,12,14H2/t22-/m0/s1. The SMILES string of the molecule is [C-]#[N+][C@@H]1CC(F)(F)CN1C(=O)CCC(=O)c1ccncc1-c1cccc2c(F)cccc12. The number of nitrogens with zero attached hydrogens (tertiary/aromatic N) is 3. The maximum absolute atomic E-state index is 14.2. The quantitative estimate of drug-likeness (QED) is 0.411. The second-order valence-electron chi connectivity index (χ2n) is 7.68. The largest absolute Gasteiger partial charge is 0.306 e. The van der Waals surface area contributed by atoms with E-state index in [9.17, 15) is 22.8 Å². The number of ketones is 1. The van der Waals surface area contributed by atoms with Gasteiger partial charge in [0.25, 0.3) is 5.92 Å². The molecule has 0 radical (unpaired) electrons. The third kappa shape index (κ3) is 4.06. The number of halogens is 3. The summed E-state index contributed by atoms with van der Waals surface area (Å²) in [5, 5.41) is 1.02. The van der Waals surface area contributed by atoms with Gasteiger partial charge in [0.15, 0.2) is 5.78 Å². The first-order valence-corrected chi connectivity index (χ1v) is 9.99. The van der Waals surface area contributed by atoms with Gasteiger partial charge in [-0.2, -0.15) is 0 Å². The number of carbonyl (C=O) groups excluding carboxylic acids is 2. The molecule has 8 heteroatoms. The molecular weight excluding hydrogens is 419 g/mol. The van der Waals surface area contributed by atoms with Crippen molar-refractivity contribution in [3.8, 4) is 11.1 Å². The van der Waals surface area contributed by atoms with Gasteiger partial charge >= 0.3 is 6.17 Å². The lowest BCUT2D eigenvalue weighted by Gasteiger charge is -2.16. The molecule has 1 atom stereocenters. The molecule has 162 valence electrons. The molecule has 32 heavy (non-hydrogen) atoms. The Morgan fingerprint density at radius 3 is 2.62 bits per heavy atom. The van der Waals surface area contributed by atoms with Crippen molar-refractivity contribution < 1.29 is 22.8 Å². The number of aromatic nitrogens is 1. The Hall–Kier alpha value is -3.73. The number of hydrogen-bond acceptors (Lipinski definition) is 3. The van der Waals surface area contributed by atoms with Crippen molar-refractivity contribution in [2.75, 3.05) is 6.54 Å². The van der Waals surface area contributed by atoms with Crippen LogP contribution in [0.3, 0.4) is 0 Å². The minimum absolute atomic E-state index is 0.207. The van der Waals surface area contributed by atoms with Crippen LogP contribution in [0.2, 0.25) is 0 Å². The van der Waals surface area contributed by atoms with E-state index in [0.717, 1.165) is 4.90 Å². The molecule has 1 saturated heterocycles. The fourth-order valence-corrected chi connectivity index (χ4v) is 4.02. The summed E-state index contributed by atoms with van der Waals surface area (Å²) in [7, 11) is 0. The first kappa shape index (κ1) is 21.5. The molecule has 1 aliphatic heterocycles. The van der Waals surface area contributed by atoms with E-state index in [1.807, 2.05) is 0 Å². The van der Waals surface area contributed by atoms with Gasteiger partial charge in [0.05, 0.1) is 6.54 Å². The summed E-state index contributed by atoms with van der Waals surface area (Å²) in [6.07, 6.45) is 0.553. The molecule has 2 aromatic carbocycles. The zero-order valence-electron chi connectivity index (χ0n) is 16.9. The van der Waals surface area contributed by atoms with E-state index in [1.54, 1.807) is 30.3 Å². The number of amides is 1. The van der Waals surface area contributed by atoms with Gasteiger partial charge in [-0.1, -0.05) is 30.3 Å². The molecule has 0 bridgehead atoms. The van der Waals surface area contributed by atoms with Crippen molar-refractivity contribution in [2.24, 2.45) is 0 Å². The molecule has 3 aromatic rings. The molecule has 1 aliphatic rings. The first-order valence-electron chi connectivity index (χ1n) is 9.99. The maximum atomic E-state index is 14.2. The number of hydrogen-bond donors (Lipinski definition) is 0. The lowest BCUT2D eigenvalue weighted by molar-refractivity contribution is -0.132. The van der Waals surface area contributed by atoms with Crippen LogP contribution in [0.1, 0.15) is 29.6 Å². The third-order valence-corrected chi connectivity index (χ3v) is 5.56. The fourth-order valence-electron chi connectivity index (χ4n) is 4.02. The minimum atomic E-state index is -3.10. The zero-order chi connectivity index (χ0) is 22.9. The number of rotatable bonds is 5. The van der Waals surface area contributed by atoms with E-state index in [-0.39, 0.29) is 24.4 Å². The molecule has 0 spiro atoms. The molecule has 1 amide bonds. The van der Waals surface area contributed by atoms with Crippen molar-refractivity contribution in [2.45, 2.75) is 31.4 Å². The van der Waals surface area contributed by atoms with Crippen LogP contribution in [-0.2, 0) is 4.79 Å². The number of likely N-dealkylation sites (tertiary alicyclic amines) is 1. The van der Waals surface area contributed by atoms with Crippen LogP contribution in [0.25, 0.3) is 26.7 Å². The Kier molecular flexibility index (Phi) is 5.66. The lowest BCUT2D eigenvalue weighted by atomic mass is 9.93. The molecule has 2 heterocycles. The summed E-state index contributed by atoms with van der Waals surface area (Å²) in [5.74, 6) is -4.51. The van der Waals surface area contributed by atoms with E-state index in [1.165, 1.54) is 24.5 Å². The molecular formula is C24H18F3N3O2. The Morgan fingerprint density at radius 2 is 1.84 bits per heavy atom. The van der Waals surface area contributed by atoms with Crippen LogP contribution in [-0.4, -0.2) is 40.2 Å². The zero-order valence-corrected chi connectivity index (χ0v) is 16.9. The van der Waals surface area contributed by atoms with E-state index in [0.29, 0.717) is 27.5 Å². The highest BCUT2D eigenvalue weighted by atomic mass is 19.3. The van der Waals surface area contributed by atoms with Gasteiger partial charge in [0.1, 0.15) is 12.2 Å². The highest BCUT2D eigenvalue weighted by Gasteiger charge is 2.50. The number of alkyl halides is 2. The van der Waals surface area contributed by atoms with Gasteiger partial charge in [0.2, 0.25) is 5.91 Å². The summed E-state index contributed by atoms with van der Waals surface area (Å²) >= 11 is 0. The van der Waals surface area contributed by atoms with E-state index < -0.39 is 31.0 Å². The Labute approximate surface area is 182 Å². The van der Waals surface area contributed by atoms with Crippen LogP contribution >= 0.6 is 0 Å². The monoisotopic (exact) mass is 437 g/mol. The molecule has 1 fully saturated rings. The summed E-state index contributed by atoms with van der Waals surface area (Å²) in [6, 6.07) is 11.3. The molecule has 1 aromatic heterocycles. The summed E-state index contributed by atoms with van der Waals surface area (Å²) < 4.78 is 41.4. The van der Waals surface area contributed by atoms with Crippen molar-refractivity contribution in [1.29, 1.82) is 0 Å². The summed E-state index contributed by atoms with van der Waals surface area (Å²) in [4.78, 5) is 33.5. The van der Waals surface area contributed by atoms with Crippen LogP contribution < -0.4 is 0 Å². The molecule has 0 saturated carbocycles. The van der Waals surface area contributed by atoms with Crippen LogP contribution in [0.4, 0.5) is 13.2 Å². The summed E-state index contributed by atoms with van der Waals surface area (Å²) in [5.41, 5.74) is 1.42. The van der Waals surface area contributed by atoms with Gasteiger partial charge in [-0.15, -0.1) is 0 Å². The molecule has 0 N–H and O–H groups in total. The normalized spacial score (nSPS) is 17.3. The van der Waals surface area contributed by atoms with Crippen molar-refractivity contribution in [1.82, 2.24) is 9.88 Å². The third-order valence-electron chi connectivity index (χ3n) is 5.56.